The van der Waals surface area contributed by atoms with Gasteiger partial charge in [-0.2, -0.15) is 5.26 Å². The van der Waals surface area contributed by atoms with Crippen molar-refractivity contribution >= 4 is 0 Å². The van der Waals surface area contributed by atoms with E-state index in [0.29, 0.717) is 29.6 Å². The average molecular weight is 290 g/mol. The highest BCUT2D eigenvalue weighted by atomic mass is 19.1. The summed E-state index contributed by atoms with van der Waals surface area (Å²) in [6.07, 6.45) is 3.58. The van der Waals surface area contributed by atoms with Crippen LogP contribution in [0, 0.1) is 22.6 Å². The van der Waals surface area contributed by atoms with Gasteiger partial charge >= 0.3 is 0 Å². The van der Waals surface area contributed by atoms with Gasteiger partial charge in [0.05, 0.1) is 17.2 Å². The molecule has 1 saturated carbocycles. The molecule has 0 heterocycles. The van der Waals surface area contributed by atoms with E-state index in [9.17, 15) is 9.50 Å². The lowest BCUT2D eigenvalue weighted by Crippen LogP contribution is -2.44. The predicted molar refractivity (Wildman–Crippen MR) is 80.0 cm³/mol. The van der Waals surface area contributed by atoms with E-state index in [-0.39, 0.29) is 5.82 Å². The first-order valence-corrected chi connectivity index (χ1v) is 7.45. The Kier molecular flexibility index (Phi) is 4.65. The van der Waals surface area contributed by atoms with Crippen LogP contribution in [0.5, 0.6) is 0 Å². The van der Waals surface area contributed by atoms with E-state index >= 15 is 0 Å². The van der Waals surface area contributed by atoms with Gasteiger partial charge in [0.2, 0.25) is 0 Å². The molecular formula is C17H23FN2O. The molecule has 0 saturated heterocycles. The SMILES string of the molecule is CC1(C)CCC(O)(CNCc2ccc(C#N)cc2F)CC1. The van der Waals surface area contributed by atoms with Crippen LogP contribution >= 0.6 is 0 Å². The molecule has 0 amide bonds. The van der Waals surface area contributed by atoms with E-state index in [2.05, 4.69) is 19.2 Å². The smallest absolute Gasteiger partial charge is 0.129 e. The van der Waals surface area contributed by atoms with Gasteiger partial charge in [0.15, 0.2) is 0 Å². The standard InChI is InChI=1S/C17H23FN2O/c1-16(2)5-7-17(21,8-6-16)12-20-11-14-4-3-13(10-19)9-15(14)18/h3-4,9,20-21H,5-8,11-12H2,1-2H3. The maximum atomic E-state index is 13.7. The molecule has 1 aromatic rings. The molecule has 0 radical (unpaired) electrons. The Morgan fingerprint density at radius 3 is 2.52 bits per heavy atom. The lowest BCUT2D eigenvalue weighted by molar-refractivity contribution is -0.0245. The zero-order valence-corrected chi connectivity index (χ0v) is 12.7. The topological polar surface area (TPSA) is 56.0 Å². The van der Waals surface area contributed by atoms with E-state index in [1.807, 2.05) is 6.07 Å². The fraction of sp³-hybridized carbons (Fsp3) is 0.588. The summed E-state index contributed by atoms with van der Waals surface area (Å²) in [4.78, 5) is 0. The summed E-state index contributed by atoms with van der Waals surface area (Å²) in [7, 11) is 0. The van der Waals surface area contributed by atoms with Crippen LogP contribution in [0.1, 0.15) is 50.7 Å². The minimum atomic E-state index is -0.682. The van der Waals surface area contributed by atoms with Gasteiger partial charge in [0.25, 0.3) is 0 Å². The number of aliphatic hydroxyl groups is 1. The Morgan fingerprint density at radius 2 is 1.95 bits per heavy atom. The second-order valence-corrected chi connectivity index (χ2v) is 6.91. The van der Waals surface area contributed by atoms with Crippen LogP contribution in [0.3, 0.4) is 0 Å². The highest BCUT2D eigenvalue weighted by Gasteiger charge is 2.36. The predicted octanol–water partition coefficient (Wildman–Crippen LogP) is 3.12. The minimum Gasteiger partial charge on any atom is -0.389 e. The van der Waals surface area contributed by atoms with Crippen LogP contribution in [0.4, 0.5) is 4.39 Å². The Balaban J connectivity index is 1.86. The van der Waals surface area contributed by atoms with Crippen LogP contribution < -0.4 is 5.32 Å². The second-order valence-electron chi connectivity index (χ2n) is 6.91. The first-order chi connectivity index (χ1) is 9.84. The van der Waals surface area contributed by atoms with Gasteiger partial charge in [-0.15, -0.1) is 0 Å². The minimum absolute atomic E-state index is 0.311. The first kappa shape index (κ1) is 15.9. The number of hydrogen-bond acceptors (Lipinski definition) is 3. The zero-order chi connectivity index (χ0) is 15.5. The van der Waals surface area contributed by atoms with Crippen molar-refractivity contribution in [3.63, 3.8) is 0 Å². The maximum absolute atomic E-state index is 13.7. The summed E-state index contributed by atoms with van der Waals surface area (Å²) in [5.41, 5.74) is 0.475. The quantitative estimate of drug-likeness (QED) is 0.896. The van der Waals surface area contributed by atoms with Gasteiger partial charge in [-0.25, -0.2) is 4.39 Å². The summed E-state index contributed by atoms with van der Waals surface area (Å²) in [5, 5.41) is 22.4. The maximum Gasteiger partial charge on any atom is 0.129 e. The molecule has 0 atom stereocenters. The van der Waals surface area contributed by atoms with Crippen molar-refractivity contribution in [2.45, 2.75) is 51.7 Å². The normalized spacial score (nSPS) is 20.0. The van der Waals surface area contributed by atoms with Crippen LogP contribution in [-0.2, 0) is 6.54 Å². The molecule has 2 rings (SSSR count). The third-order valence-electron chi connectivity index (χ3n) is 4.49. The molecule has 2 N–H and O–H groups in total. The van der Waals surface area contributed by atoms with Gasteiger partial charge in [-0.05, 0) is 43.2 Å². The molecule has 3 nitrogen and oxygen atoms in total. The van der Waals surface area contributed by atoms with Crippen LogP contribution in [0.2, 0.25) is 0 Å². The van der Waals surface area contributed by atoms with Crippen molar-refractivity contribution in [3.8, 4) is 6.07 Å². The van der Waals surface area contributed by atoms with Crippen LogP contribution in [0.15, 0.2) is 18.2 Å². The summed E-state index contributed by atoms with van der Waals surface area (Å²) in [6.45, 7) is 5.30. The highest BCUT2D eigenvalue weighted by molar-refractivity contribution is 5.32. The largest absolute Gasteiger partial charge is 0.389 e. The van der Waals surface area contributed by atoms with Crippen molar-refractivity contribution < 1.29 is 9.50 Å². The number of halogens is 1. The van der Waals surface area contributed by atoms with Crippen molar-refractivity contribution in [2.75, 3.05) is 6.54 Å². The molecule has 0 aromatic heterocycles. The van der Waals surface area contributed by atoms with E-state index in [1.54, 1.807) is 12.1 Å². The summed E-state index contributed by atoms with van der Waals surface area (Å²) >= 11 is 0. The van der Waals surface area contributed by atoms with Gasteiger partial charge in [0.1, 0.15) is 5.82 Å². The number of nitriles is 1. The molecule has 21 heavy (non-hydrogen) atoms. The van der Waals surface area contributed by atoms with Crippen LogP contribution in [0.25, 0.3) is 0 Å². The third-order valence-corrected chi connectivity index (χ3v) is 4.49. The van der Waals surface area contributed by atoms with E-state index in [0.717, 1.165) is 25.7 Å². The average Bonchev–Trinajstić information content (AvgIpc) is 2.44. The molecule has 1 aromatic carbocycles. The summed E-state index contributed by atoms with van der Waals surface area (Å²) in [5.74, 6) is -0.377. The molecule has 0 bridgehead atoms. The highest BCUT2D eigenvalue weighted by Crippen LogP contribution is 2.39. The Morgan fingerprint density at radius 1 is 1.29 bits per heavy atom. The van der Waals surface area contributed by atoms with Gasteiger partial charge < -0.3 is 10.4 Å². The Hall–Kier alpha value is -1.44. The molecule has 1 fully saturated rings. The number of nitrogens with one attached hydrogen (secondary N) is 1. The first-order valence-electron chi connectivity index (χ1n) is 7.45. The van der Waals surface area contributed by atoms with Gasteiger partial charge in [0, 0.05) is 18.7 Å². The lowest BCUT2D eigenvalue weighted by atomic mass is 9.71. The Bertz CT molecular complexity index is 538. The molecule has 4 heteroatoms. The van der Waals surface area contributed by atoms with Crippen molar-refractivity contribution in [3.05, 3.63) is 35.1 Å². The number of benzene rings is 1. The zero-order valence-electron chi connectivity index (χ0n) is 12.7. The fourth-order valence-corrected chi connectivity index (χ4v) is 2.76. The lowest BCUT2D eigenvalue weighted by Gasteiger charge is -2.40. The molecule has 1 aliphatic rings. The van der Waals surface area contributed by atoms with E-state index in [1.165, 1.54) is 6.07 Å². The monoisotopic (exact) mass is 290 g/mol. The van der Waals surface area contributed by atoms with E-state index in [4.69, 9.17) is 5.26 Å². The molecular weight excluding hydrogens is 267 g/mol. The molecule has 114 valence electrons. The van der Waals surface area contributed by atoms with Crippen molar-refractivity contribution in [1.82, 2.24) is 5.32 Å². The number of nitrogens with zero attached hydrogens (tertiary/aromatic N) is 1. The van der Waals surface area contributed by atoms with Gasteiger partial charge in [-0.3, -0.25) is 0 Å². The second kappa shape index (κ2) is 6.13. The number of rotatable bonds is 4. The summed E-state index contributed by atoms with van der Waals surface area (Å²) in [6, 6.07) is 6.39. The third kappa shape index (κ3) is 4.26. The van der Waals surface area contributed by atoms with E-state index < -0.39 is 5.60 Å². The van der Waals surface area contributed by atoms with Crippen LogP contribution in [-0.4, -0.2) is 17.3 Å². The van der Waals surface area contributed by atoms with Crippen molar-refractivity contribution in [1.29, 1.82) is 5.26 Å². The fourth-order valence-electron chi connectivity index (χ4n) is 2.76. The Labute approximate surface area is 125 Å². The molecule has 0 aliphatic heterocycles. The van der Waals surface area contributed by atoms with Gasteiger partial charge in [-0.1, -0.05) is 19.9 Å². The summed E-state index contributed by atoms with van der Waals surface area (Å²) < 4.78 is 13.7. The molecule has 0 spiro atoms. The number of hydrogen-bond donors (Lipinski definition) is 2. The molecule has 0 unspecified atom stereocenters. The van der Waals surface area contributed by atoms with Crippen molar-refractivity contribution in [2.24, 2.45) is 5.41 Å². The molecule has 1 aliphatic carbocycles.